The highest BCUT2D eigenvalue weighted by molar-refractivity contribution is 9.10. The fourth-order valence-electron chi connectivity index (χ4n) is 1.67. The van der Waals surface area contributed by atoms with E-state index >= 15 is 0 Å². The minimum Gasteiger partial charge on any atom is -0.368 e. The summed E-state index contributed by atoms with van der Waals surface area (Å²) < 4.78 is 2.84. The zero-order valence-corrected chi connectivity index (χ0v) is 10.3. The van der Waals surface area contributed by atoms with Crippen LogP contribution in [0, 0.1) is 0 Å². The molecule has 17 heavy (non-hydrogen) atoms. The summed E-state index contributed by atoms with van der Waals surface area (Å²) in [5, 5.41) is 0.944. The molecule has 3 aromatic heterocycles. The Morgan fingerprint density at radius 1 is 1.24 bits per heavy atom. The van der Waals surface area contributed by atoms with E-state index in [1.807, 2.05) is 22.9 Å². The Bertz CT molecular complexity index is 691. The van der Waals surface area contributed by atoms with Crippen LogP contribution in [0.25, 0.3) is 16.7 Å². The highest BCUT2D eigenvalue weighted by atomic mass is 79.9. The van der Waals surface area contributed by atoms with Crippen molar-refractivity contribution >= 4 is 32.9 Å². The van der Waals surface area contributed by atoms with Crippen molar-refractivity contribution in [3.8, 4) is 5.69 Å². The van der Waals surface area contributed by atoms with Crippen LogP contribution in [0.15, 0.2) is 41.4 Å². The van der Waals surface area contributed by atoms with Crippen molar-refractivity contribution in [2.24, 2.45) is 0 Å². The van der Waals surface area contributed by atoms with Gasteiger partial charge in [-0.05, 0) is 28.1 Å². The van der Waals surface area contributed by atoms with Crippen LogP contribution in [-0.2, 0) is 0 Å². The first-order chi connectivity index (χ1) is 8.24. The van der Waals surface area contributed by atoms with Gasteiger partial charge in [0, 0.05) is 28.4 Å². The number of anilines is 1. The van der Waals surface area contributed by atoms with Gasteiger partial charge in [-0.15, -0.1) is 0 Å². The van der Waals surface area contributed by atoms with Gasteiger partial charge in [0.2, 0.25) is 5.95 Å². The molecule has 0 saturated heterocycles. The average molecular weight is 290 g/mol. The molecule has 0 spiro atoms. The van der Waals surface area contributed by atoms with Gasteiger partial charge >= 0.3 is 0 Å². The van der Waals surface area contributed by atoms with E-state index in [1.165, 1.54) is 0 Å². The number of nitrogens with two attached hydrogens (primary N) is 1. The third kappa shape index (κ3) is 1.76. The van der Waals surface area contributed by atoms with Crippen molar-refractivity contribution < 1.29 is 0 Å². The molecule has 0 radical (unpaired) electrons. The monoisotopic (exact) mass is 289 g/mol. The molecule has 0 saturated carbocycles. The predicted octanol–water partition coefficient (Wildman–Crippen LogP) is 2.16. The summed E-state index contributed by atoms with van der Waals surface area (Å²) >= 11 is 3.39. The Balaban J connectivity index is 2.27. The summed E-state index contributed by atoms with van der Waals surface area (Å²) in [6.07, 6.45) is 7.13. The smallest absolute Gasteiger partial charge is 0.221 e. The number of aromatic nitrogens is 4. The molecule has 0 aliphatic heterocycles. The van der Waals surface area contributed by atoms with Crippen LogP contribution < -0.4 is 5.73 Å². The lowest BCUT2D eigenvalue weighted by Gasteiger charge is -2.04. The Morgan fingerprint density at radius 3 is 2.94 bits per heavy atom. The fourth-order valence-corrected chi connectivity index (χ4v) is 2.02. The third-order valence-electron chi connectivity index (χ3n) is 2.41. The normalized spacial score (nSPS) is 10.9. The van der Waals surface area contributed by atoms with Gasteiger partial charge in [-0.3, -0.25) is 9.55 Å². The molecule has 6 heteroatoms. The standard InChI is InChI=1S/C11H8BrN5/c12-8-3-9(6-14-5-8)17-2-1-7-4-15-11(13)16-10(7)17/h1-6H,(H2,13,15,16). The molecule has 0 bridgehead atoms. The molecule has 3 heterocycles. The first-order valence-corrected chi connectivity index (χ1v) is 5.74. The van der Waals surface area contributed by atoms with Crippen molar-refractivity contribution in [3.05, 3.63) is 41.4 Å². The number of rotatable bonds is 1. The second-order valence-electron chi connectivity index (χ2n) is 3.55. The molecule has 2 N–H and O–H groups in total. The Kier molecular flexibility index (Phi) is 2.29. The molecule has 84 valence electrons. The lowest BCUT2D eigenvalue weighted by Crippen LogP contribution is -1.98. The number of hydrogen-bond acceptors (Lipinski definition) is 4. The topological polar surface area (TPSA) is 69.6 Å². The maximum atomic E-state index is 5.60. The van der Waals surface area contributed by atoms with E-state index in [9.17, 15) is 0 Å². The Labute approximate surface area is 105 Å². The van der Waals surface area contributed by atoms with E-state index in [0.29, 0.717) is 0 Å². The second-order valence-corrected chi connectivity index (χ2v) is 4.47. The summed E-state index contributed by atoms with van der Waals surface area (Å²) in [6, 6.07) is 3.90. The van der Waals surface area contributed by atoms with E-state index in [0.717, 1.165) is 21.2 Å². The van der Waals surface area contributed by atoms with Gasteiger partial charge in [0.25, 0.3) is 0 Å². The number of halogens is 1. The predicted molar refractivity (Wildman–Crippen MR) is 68.8 cm³/mol. The van der Waals surface area contributed by atoms with Crippen LogP contribution >= 0.6 is 15.9 Å². The lowest BCUT2D eigenvalue weighted by molar-refractivity contribution is 1.06. The number of nitrogens with zero attached hydrogens (tertiary/aromatic N) is 4. The summed E-state index contributed by atoms with van der Waals surface area (Å²) in [5.74, 6) is 0.264. The van der Waals surface area contributed by atoms with E-state index in [2.05, 4.69) is 30.9 Å². The minimum atomic E-state index is 0.264. The third-order valence-corrected chi connectivity index (χ3v) is 2.85. The van der Waals surface area contributed by atoms with Gasteiger partial charge in [0.05, 0.1) is 11.9 Å². The average Bonchev–Trinajstić information content (AvgIpc) is 2.71. The molecule has 0 unspecified atom stereocenters. The molecular weight excluding hydrogens is 282 g/mol. The summed E-state index contributed by atoms with van der Waals surface area (Å²) in [7, 11) is 0. The Hall–Kier alpha value is -1.95. The van der Waals surface area contributed by atoms with Crippen molar-refractivity contribution in [1.82, 2.24) is 19.5 Å². The van der Waals surface area contributed by atoms with Gasteiger partial charge in [-0.2, -0.15) is 4.98 Å². The van der Waals surface area contributed by atoms with E-state index < -0.39 is 0 Å². The van der Waals surface area contributed by atoms with Crippen molar-refractivity contribution in [1.29, 1.82) is 0 Å². The van der Waals surface area contributed by atoms with Crippen LogP contribution in [0.4, 0.5) is 5.95 Å². The van der Waals surface area contributed by atoms with E-state index in [1.54, 1.807) is 18.6 Å². The summed E-state index contributed by atoms with van der Waals surface area (Å²) in [4.78, 5) is 12.3. The van der Waals surface area contributed by atoms with Gasteiger partial charge < -0.3 is 5.73 Å². The lowest BCUT2D eigenvalue weighted by atomic mass is 10.4. The summed E-state index contributed by atoms with van der Waals surface area (Å²) in [5.41, 5.74) is 7.30. The molecule has 0 aromatic carbocycles. The van der Waals surface area contributed by atoms with Crippen LogP contribution in [0.2, 0.25) is 0 Å². The maximum Gasteiger partial charge on any atom is 0.221 e. The van der Waals surface area contributed by atoms with E-state index in [-0.39, 0.29) is 5.95 Å². The summed E-state index contributed by atoms with van der Waals surface area (Å²) in [6.45, 7) is 0. The van der Waals surface area contributed by atoms with Crippen molar-refractivity contribution in [2.45, 2.75) is 0 Å². The van der Waals surface area contributed by atoms with Crippen LogP contribution in [-0.4, -0.2) is 19.5 Å². The first-order valence-electron chi connectivity index (χ1n) is 4.94. The fraction of sp³-hybridized carbons (Fsp3) is 0. The van der Waals surface area contributed by atoms with E-state index in [4.69, 9.17) is 5.73 Å². The van der Waals surface area contributed by atoms with Gasteiger partial charge in [-0.1, -0.05) is 0 Å². The molecule has 3 rings (SSSR count). The molecule has 0 amide bonds. The van der Waals surface area contributed by atoms with Crippen LogP contribution in [0.1, 0.15) is 0 Å². The van der Waals surface area contributed by atoms with Gasteiger partial charge in [-0.25, -0.2) is 4.98 Å². The zero-order valence-electron chi connectivity index (χ0n) is 8.71. The quantitative estimate of drug-likeness (QED) is 0.745. The minimum absolute atomic E-state index is 0.264. The highest BCUT2D eigenvalue weighted by Gasteiger charge is 2.06. The SMILES string of the molecule is Nc1ncc2ccn(-c3cncc(Br)c3)c2n1. The number of pyridine rings is 1. The second kappa shape index (κ2) is 3.81. The molecule has 0 atom stereocenters. The molecule has 5 nitrogen and oxygen atoms in total. The first kappa shape index (κ1) is 10.2. The molecule has 3 aromatic rings. The zero-order chi connectivity index (χ0) is 11.8. The van der Waals surface area contributed by atoms with Gasteiger partial charge in [0.1, 0.15) is 5.65 Å². The number of hydrogen-bond donors (Lipinski definition) is 1. The number of nitrogen functional groups attached to an aromatic ring is 1. The maximum absolute atomic E-state index is 5.60. The highest BCUT2D eigenvalue weighted by Crippen LogP contribution is 2.20. The molecule has 0 aliphatic carbocycles. The molecule has 0 fully saturated rings. The largest absolute Gasteiger partial charge is 0.368 e. The van der Waals surface area contributed by atoms with Crippen LogP contribution in [0.5, 0.6) is 0 Å². The number of fused-ring (bicyclic) bond motifs is 1. The van der Waals surface area contributed by atoms with Crippen molar-refractivity contribution in [3.63, 3.8) is 0 Å². The van der Waals surface area contributed by atoms with Crippen molar-refractivity contribution in [2.75, 3.05) is 5.73 Å². The Morgan fingerprint density at radius 2 is 2.12 bits per heavy atom. The molecular formula is C11H8BrN5. The van der Waals surface area contributed by atoms with Gasteiger partial charge in [0.15, 0.2) is 0 Å². The van der Waals surface area contributed by atoms with Crippen LogP contribution in [0.3, 0.4) is 0 Å². The molecule has 0 aliphatic rings.